The van der Waals surface area contributed by atoms with Crippen LogP contribution in [-0.2, 0) is 16.0 Å². The summed E-state index contributed by atoms with van der Waals surface area (Å²) in [5.41, 5.74) is 1.63. The van der Waals surface area contributed by atoms with Crippen molar-refractivity contribution < 1.29 is 13.9 Å². The first-order valence-corrected chi connectivity index (χ1v) is 8.30. The molecule has 0 radical (unpaired) electrons. The van der Waals surface area contributed by atoms with Gasteiger partial charge in [0.05, 0.1) is 0 Å². The molecule has 0 saturated heterocycles. The van der Waals surface area contributed by atoms with Crippen LogP contribution < -0.4 is 4.90 Å². The number of nitrogens with zero attached hydrogens (tertiary/aromatic N) is 1. The van der Waals surface area contributed by atoms with Crippen LogP contribution in [0.3, 0.4) is 0 Å². The average Bonchev–Trinajstić information content (AvgIpc) is 2.50. The largest absolute Gasteiger partial charge is 0.372 e. The zero-order valence-corrected chi connectivity index (χ0v) is 13.8. The first kappa shape index (κ1) is 16.9. The second-order valence-electron chi connectivity index (χ2n) is 5.08. The predicted molar refractivity (Wildman–Crippen MR) is 87.7 cm³/mol. The minimum Gasteiger partial charge on any atom is -0.372 e. The van der Waals surface area contributed by atoms with Gasteiger partial charge < -0.3 is 9.64 Å². The lowest BCUT2D eigenvalue weighted by molar-refractivity contribution is -0.116. The van der Waals surface area contributed by atoms with Crippen molar-refractivity contribution in [2.75, 3.05) is 30.9 Å². The normalized spacial score (nSPS) is 13.0. The zero-order valence-electron chi connectivity index (χ0n) is 12.9. The highest BCUT2D eigenvalue weighted by atomic mass is 32.2. The Balaban J connectivity index is 2.17. The van der Waals surface area contributed by atoms with E-state index in [0.717, 1.165) is 29.1 Å². The summed E-state index contributed by atoms with van der Waals surface area (Å²) in [6.07, 6.45) is 2.45. The van der Waals surface area contributed by atoms with Gasteiger partial charge in [0, 0.05) is 37.6 Å². The molecule has 118 valence electrons. The Morgan fingerprint density at radius 2 is 2.27 bits per heavy atom. The number of ether oxygens (including phenoxy) is 1. The molecule has 0 spiro atoms. The van der Waals surface area contributed by atoms with Gasteiger partial charge in [0.25, 0.3) is 0 Å². The van der Waals surface area contributed by atoms with E-state index < -0.39 is 0 Å². The van der Waals surface area contributed by atoms with Crippen molar-refractivity contribution in [3.8, 4) is 11.8 Å². The van der Waals surface area contributed by atoms with Gasteiger partial charge >= 0.3 is 0 Å². The van der Waals surface area contributed by atoms with Crippen molar-refractivity contribution in [1.82, 2.24) is 0 Å². The number of rotatable bonds is 4. The van der Waals surface area contributed by atoms with Crippen LogP contribution in [-0.4, -0.2) is 31.9 Å². The van der Waals surface area contributed by atoms with Crippen molar-refractivity contribution in [2.45, 2.75) is 31.1 Å². The van der Waals surface area contributed by atoms with E-state index in [-0.39, 0.29) is 11.7 Å². The number of fused-ring (bicyclic) bond motifs is 1. The van der Waals surface area contributed by atoms with Gasteiger partial charge in [0.15, 0.2) is 0 Å². The van der Waals surface area contributed by atoms with Gasteiger partial charge in [0.2, 0.25) is 5.91 Å². The first-order valence-electron chi connectivity index (χ1n) is 7.31. The lowest BCUT2D eigenvalue weighted by Gasteiger charge is -2.24. The van der Waals surface area contributed by atoms with E-state index in [0.29, 0.717) is 25.3 Å². The van der Waals surface area contributed by atoms with E-state index in [2.05, 4.69) is 11.8 Å². The quantitative estimate of drug-likeness (QED) is 0.797. The van der Waals surface area contributed by atoms with Gasteiger partial charge in [-0.2, -0.15) is 0 Å². The van der Waals surface area contributed by atoms with Gasteiger partial charge in [-0.25, -0.2) is 4.39 Å². The molecule has 0 bridgehead atoms. The van der Waals surface area contributed by atoms with Crippen molar-refractivity contribution in [1.29, 1.82) is 0 Å². The molecule has 0 atom stereocenters. The molecule has 1 heterocycles. The number of carbonyl (C=O) groups excluding carboxylic acids is 1. The lowest BCUT2D eigenvalue weighted by Crippen LogP contribution is -2.29. The van der Waals surface area contributed by atoms with Gasteiger partial charge in [-0.3, -0.25) is 4.79 Å². The summed E-state index contributed by atoms with van der Waals surface area (Å²) in [6, 6.07) is 3.40. The number of hydrogen-bond acceptors (Lipinski definition) is 3. The zero-order chi connectivity index (χ0) is 15.9. The highest BCUT2D eigenvalue weighted by Crippen LogP contribution is 2.35. The van der Waals surface area contributed by atoms with Crippen molar-refractivity contribution in [3.63, 3.8) is 0 Å². The molecule has 1 aromatic rings. The first-order chi connectivity index (χ1) is 10.6. The molecule has 22 heavy (non-hydrogen) atoms. The van der Waals surface area contributed by atoms with Crippen LogP contribution in [0.1, 0.15) is 25.3 Å². The Morgan fingerprint density at radius 1 is 1.45 bits per heavy atom. The Morgan fingerprint density at radius 3 is 3.00 bits per heavy atom. The second-order valence-corrected chi connectivity index (χ2v) is 6.18. The van der Waals surface area contributed by atoms with Crippen LogP contribution in [0, 0.1) is 17.7 Å². The highest BCUT2D eigenvalue weighted by Gasteiger charge is 2.19. The summed E-state index contributed by atoms with van der Waals surface area (Å²) in [7, 11) is 1.59. The molecule has 3 nitrogen and oxygen atoms in total. The number of benzene rings is 1. The molecular formula is C17H20FNO2S. The smallest absolute Gasteiger partial charge is 0.223 e. The summed E-state index contributed by atoms with van der Waals surface area (Å²) in [4.78, 5) is 14.2. The van der Waals surface area contributed by atoms with Crippen LogP contribution >= 0.6 is 11.8 Å². The molecule has 0 fully saturated rings. The lowest BCUT2D eigenvalue weighted by atomic mass is 10.1. The molecule has 0 unspecified atom stereocenters. The number of amides is 1. The molecule has 5 heteroatoms. The molecule has 0 aromatic heterocycles. The van der Waals surface area contributed by atoms with E-state index in [1.807, 2.05) is 6.07 Å². The summed E-state index contributed by atoms with van der Waals surface area (Å²) in [5.74, 6) is 6.43. The van der Waals surface area contributed by atoms with Gasteiger partial charge in [-0.1, -0.05) is 11.8 Å². The van der Waals surface area contributed by atoms with Crippen LogP contribution in [0.2, 0.25) is 0 Å². The third-order valence-corrected chi connectivity index (χ3v) is 4.67. The summed E-state index contributed by atoms with van der Waals surface area (Å²) in [6.45, 7) is 2.33. The van der Waals surface area contributed by atoms with Crippen molar-refractivity contribution in [2.24, 2.45) is 0 Å². The number of halogens is 1. The number of thioether (sulfide) groups is 1. The van der Waals surface area contributed by atoms with E-state index in [1.165, 1.54) is 13.0 Å². The van der Waals surface area contributed by atoms with Crippen LogP contribution in [0.4, 0.5) is 10.1 Å². The third-order valence-electron chi connectivity index (χ3n) is 3.44. The maximum Gasteiger partial charge on any atom is 0.223 e. The Hall–Kier alpha value is -1.51. The standard InChI is InChI=1S/C17H20FNO2S/c1-13(20)19(8-4-3-5-9-21-2)15-11-14-7-6-10-22-17(14)16(18)12-15/h11-12H,4,6-10H2,1-2H3. The average molecular weight is 321 g/mol. The fourth-order valence-electron chi connectivity index (χ4n) is 2.42. The molecule has 1 aliphatic rings. The van der Waals surface area contributed by atoms with Crippen LogP contribution in [0.25, 0.3) is 0 Å². The fourth-order valence-corrected chi connectivity index (χ4v) is 3.46. The fraction of sp³-hybridized carbons (Fsp3) is 0.471. The minimum atomic E-state index is -0.228. The number of aryl methyl sites for hydroxylation is 1. The molecule has 2 rings (SSSR count). The van der Waals surface area contributed by atoms with E-state index in [4.69, 9.17) is 4.74 Å². The monoisotopic (exact) mass is 321 g/mol. The van der Waals surface area contributed by atoms with Gasteiger partial charge in [-0.05, 0) is 36.3 Å². The third kappa shape index (κ3) is 4.25. The second kappa shape index (κ2) is 8.21. The van der Waals surface area contributed by atoms with E-state index >= 15 is 0 Å². The highest BCUT2D eigenvalue weighted by molar-refractivity contribution is 7.99. The summed E-state index contributed by atoms with van der Waals surface area (Å²) >= 11 is 1.56. The Bertz CT molecular complexity index is 607. The summed E-state index contributed by atoms with van der Waals surface area (Å²) in [5, 5.41) is 0. The molecule has 1 aromatic carbocycles. The molecule has 1 amide bonds. The maximum absolute atomic E-state index is 14.2. The van der Waals surface area contributed by atoms with Gasteiger partial charge in [0.1, 0.15) is 12.4 Å². The Kier molecular flexibility index (Phi) is 6.29. The maximum atomic E-state index is 14.2. The number of methoxy groups -OCH3 is 1. The summed E-state index contributed by atoms with van der Waals surface area (Å²) < 4.78 is 19.1. The van der Waals surface area contributed by atoms with Crippen LogP contribution in [0.5, 0.6) is 0 Å². The topological polar surface area (TPSA) is 29.5 Å². The van der Waals surface area contributed by atoms with E-state index in [1.54, 1.807) is 23.8 Å². The predicted octanol–water partition coefficient (Wildman–Crippen LogP) is 3.26. The molecule has 0 aliphatic carbocycles. The molecule has 1 aliphatic heterocycles. The molecule has 0 saturated carbocycles. The molecule has 0 N–H and O–H groups in total. The van der Waals surface area contributed by atoms with E-state index in [9.17, 15) is 9.18 Å². The van der Waals surface area contributed by atoms with Crippen molar-refractivity contribution in [3.05, 3.63) is 23.5 Å². The minimum absolute atomic E-state index is 0.101. The van der Waals surface area contributed by atoms with Crippen molar-refractivity contribution >= 4 is 23.4 Å². The SMILES string of the molecule is COCC#CCCN(C(C)=O)c1cc(F)c2c(c1)CCCS2. The Labute approximate surface area is 135 Å². The van der Waals surface area contributed by atoms with Crippen LogP contribution in [0.15, 0.2) is 17.0 Å². The van der Waals surface area contributed by atoms with Gasteiger partial charge in [-0.15, -0.1) is 11.8 Å². The number of anilines is 1. The molecular weight excluding hydrogens is 301 g/mol. The number of carbonyl (C=O) groups is 1. The number of hydrogen-bond donors (Lipinski definition) is 0.